The fourth-order valence-electron chi connectivity index (χ4n) is 2.66. The Morgan fingerprint density at radius 3 is 1.93 bits per heavy atom. The second-order valence-corrected chi connectivity index (χ2v) is 6.16. The van der Waals surface area contributed by atoms with Crippen LogP contribution in [0, 0.1) is 0 Å². The van der Waals surface area contributed by atoms with Gasteiger partial charge in [0.25, 0.3) is 0 Å². The predicted molar refractivity (Wildman–Crippen MR) is 110 cm³/mol. The summed E-state index contributed by atoms with van der Waals surface area (Å²) in [5.74, 6) is -1.62. The molecule has 3 aromatic carbocycles. The van der Waals surface area contributed by atoms with Crippen LogP contribution < -0.4 is 16.0 Å². The Bertz CT molecular complexity index is 997. The van der Waals surface area contributed by atoms with Crippen molar-refractivity contribution in [1.82, 2.24) is 0 Å². The van der Waals surface area contributed by atoms with E-state index in [4.69, 9.17) is 5.73 Å². The molecule has 0 aromatic heterocycles. The first-order valence-electron chi connectivity index (χ1n) is 8.63. The van der Waals surface area contributed by atoms with Gasteiger partial charge in [0, 0.05) is 28.3 Å². The predicted octanol–water partition coefficient (Wildman–Crippen LogP) is 3.77. The molecule has 28 heavy (non-hydrogen) atoms. The lowest BCUT2D eigenvalue weighted by Crippen LogP contribution is -2.36. The van der Waals surface area contributed by atoms with E-state index in [0.717, 1.165) is 0 Å². The van der Waals surface area contributed by atoms with Gasteiger partial charge in [0.1, 0.15) is 0 Å². The Morgan fingerprint density at radius 1 is 0.786 bits per heavy atom. The van der Waals surface area contributed by atoms with Crippen LogP contribution in [0.2, 0.25) is 0 Å². The summed E-state index contributed by atoms with van der Waals surface area (Å²) < 4.78 is 0. The highest BCUT2D eigenvalue weighted by Gasteiger charge is 2.25. The second kappa shape index (κ2) is 8.18. The van der Waals surface area contributed by atoms with Crippen molar-refractivity contribution in [2.75, 3.05) is 16.0 Å². The summed E-state index contributed by atoms with van der Waals surface area (Å²) in [6, 6.07) is 21.9. The van der Waals surface area contributed by atoms with Crippen LogP contribution in [0.15, 0.2) is 78.9 Å². The first kappa shape index (κ1) is 18.8. The average Bonchev–Trinajstić information content (AvgIpc) is 2.70. The molecule has 3 aromatic rings. The molecule has 0 saturated heterocycles. The van der Waals surface area contributed by atoms with Crippen molar-refractivity contribution in [3.63, 3.8) is 0 Å². The van der Waals surface area contributed by atoms with E-state index in [1.165, 1.54) is 11.8 Å². The van der Waals surface area contributed by atoms with Crippen LogP contribution in [0.5, 0.6) is 0 Å². The van der Waals surface area contributed by atoms with E-state index in [9.17, 15) is 14.4 Å². The van der Waals surface area contributed by atoms with Crippen LogP contribution in [0.4, 0.5) is 22.7 Å². The summed E-state index contributed by atoms with van der Waals surface area (Å²) in [4.78, 5) is 38.2. The van der Waals surface area contributed by atoms with E-state index in [0.29, 0.717) is 28.3 Å². The maximum absolute atomic E-state index is 12.9. The summed E-state index contributed by atoms with van der Waals surface area (Å²) in [6.45, 7) is 1.46. The van der Waals surface area contributed by atoms with Gasteiger partial charge in [-0.1, -0.05) is 18.2 Å². The largest absolute Gasteiger partial charge is 0.399 e. The van der Waals surface area contributed by atoms with Gasteiger partial charge >= 0.3 is 11.8 Å². The van der Waals surface area contributed by atoms with E-state index >= 15 is 0 Å². The lowest BCUT2D eigenvalue weighted by atomic mass is 10.1. The quantitative estimate of drug-likeness (QED) is 0.414. The highest BCUT2D eigenvalue weighted by atomic mass is 16.2. The lowest BCUT2D eigenvalue weighted by molar-refractivity contribution is -0.134. The second-order valence-electron chi connectivity index (χ2n) is 6.16. The highest BCUT2D eigenvalue weighted by Crippen LogP contribution is 2.26. The molecule has 0 bridgehead atoms. The van der Waals surface area contributed by atoms with Crippen molar-refractivity contribution in [1.29, 1.82) is 0 Å². The van der Waals surface area contributed by atoms with E-state index in [2.05, 4.69) is 5.32 Å². The number of ketones is 1. The maximum Gasteiger partial charge on any atom is 0.321 e. The molecule has 3 rings (SSSR count). The lowest BCUT2D eigenvalue weighted by Gasteiger charge is -2.22. The fourth-order valence-corrected chi connectivity index (χ4v) is 2.66. The Labute approximate surface area is 162 Å². The molecule has 0 saturated carbocycles. The van der Waals surface area contributed by atoms with Gasteiger partial charge in [0.05, 0.1) is 0 Å². The number of para-hydroxylation sites is 1. The van der Waals surface area contributed by atoms with Crippen LogP contribution >= 0.6 is 0 Å². The van der Waals surface area contributed by atoms with Crippen molar-refractivity contribution in [2.45, 2.75) is 6.92 Å². The van der Waals surface area contributed by atoms with Gasteiger partial charge < -0.3 is 11.1 Å². The van der Waals surface area contributed by atoms with Gasteiger partial charge in [0.15, 0.2) is 5.78 Å². The molecule has 0 fully saturated rings. The minimum Gasteiger partial charge on any atom is -0.399 e. The van der Waals surface area contributed by atoms with Crippen molar-refractivity contribution < 1.29 is 14.4 Å². The SMILES string of the molecule is CC(=O)c1ccc(NC(=O)C(=O)N(c2ccccc2)c2ccc(N)cc2)cc1. The third-order valence-corrected chi connectivity index (χ3v) is 4.11. The minimum atomic E-state index is -0.795. The summed E-state index contributed by atoms with van der Waals surface area (Å²) in [5.41, 5.74) is 8.31. The van der Waals surface area contributed by atoms with E-state index in [1.54, 1.807) is 72.8 Å². The van der Waals surface area contributed by atoms with Crippen LogP contribution in [0.3, 0.4) is 0 Å². The monoisotopic (exact) mass is 373 g/mol. The molecule has 0 aliphatic rings. The number of nitrogen functional groups attached to an aromatic ring is 1. The van der Waals surface area contributed by atoms with Gasteiger partial charge in [-0.05, 0) is 67.6 Å². The zero-order valence-electron chi connectivity index (χ0n) is 15.3. The van der Waals surface area contributed by atoms with E-state index in [1.807, 2.05) is 6.07 Å². The third-order valence-electron chi connectivity index (χ3n) is 4.11. The van der Waals surface area contributed by atoms with Crippen LogP contribution in [0.25, 0.3) is 0 Å². The van der Waals surface area contributed by atoms with Crippen molar-refractivity contribution in [2.24, 2.45) is 0 Å². The number of carbonyl (C=O) groups excluding carboxylic acids is 3. The summed E-state index contributed by atoms with van der Waals surface area (Å²) in [5, 5.41) is 2.57. The van der Waals surface area contributed by atoms with Gasteiger partial charge in [-0.25, -0.2) is 0 Å². The first-order chi connectivity index (χ1) is 13.5. The molecule has 6 heteroatoms. The molecule has 140 valence electrons. The maximum atomic E-state index is 12.9. The standard InChI is InChI=1S/C22H19N3O3/c1-15(26)16-7-11-18(12-8-16)24-21(27)22(28)25(19-5-3-2-4-6-19)20-13-9-17(23)10-14-20/h2-14H,23H2,1H3,(H,24,27). The minimum absolute atomic E-state index is 0.0763. The molecule has 0 radical (unpaired) electrons. The fraction of sp³-hybridized carbons (Fsp3) is 0.0455. The van der Waals surface area contributed by atoms with Crippen LogP contribution in [0.1, 0.15) is 17.3 Å². The summed E-state index contributed by atoms with van der Waals surface area (Å²) in [6.07, 6.45) is 0. The van der Waals surface area contributed by atoms with Gasteiger partial charge in [0.2, 0.25) is 0 Å². The molecule has 0 aliphatic carbocycles. The molecule has 0 atom stereocenters. The molecule has 0 spiro atoms. The number of rotatable bonds is 4. The number of benzene rings is 3. The van der Waals surface area contributed by atoms with Crippen molar-refractivity contribution in [3.8, 4) is 0 Å². The number of carbonyl (C=O) groups is 3. The number of nitrogens with zero attached hydrogens (tertiary/aromatic N) is 1. The molecule has 0 unspecified atom stereocenters. The molecule has 2 amide bonds. The third kappa shape index (κ3) is 4.24. The average molecular weight is 373 g/mol. The Balaban J connectivity index is 1.87. The van der Waals surface area contributed by atoms with Gasteiger partial charge in [-0.2, -0.15) is 0 Å². The molecule has 6 nitrogen and oxygen atoms in total. The van der Waals surface area contributed by atoms with Gasteiger partial charge in [-0.3, -0.25) is 19.3 Å². The smallest absolute Gasteiger partial charge is 0.321 e. The number of anilines is 4. The van der Waals surface area contributed by atoms with Crippen molar-refractivity contribution >= 4 is 40.3 Å². The van der Waals surface area contributed by atoms with Crippen LogP contribution in [-0.4, -0.2) is 17.6 Å². The number of nitrogens with two attached hydrogens (primary N) is 1. The molecular formula is C22H19N3O3. The number of hydrogen-bond donors (Lipinski definition) is 2. The Morgan fingerprint density at radius 2 is 1.36 bits per heavy atom. The van der Waals surface area contributed by atoms with Crippen LogP contribution in [-0.2, 0) is 9.59 Å². The number of nitrogens with one attached hydrogen (secondary N) is 1. The van der Waals surface area contributed by atoms with E-state index < -0.39 is 11.8 Å². The van der Waals surface area contributed by atoms with E-state index in [-0.39, 0.29) is 5.78 Å². The number of Topliss-reactive ketones (excluding diaryl/α,β-unsaturated/α-hetero) is 1. The first-order valence-corrected chi connectivity index (χ1v) is 8.63. The summed E-state index contributed by atoms with van der Waals surface area (Å²) in [7, 11) is 0. The number of amides is 2. The molecule has 0 heterocycles. The molecular weight excluding hydrogens is 354 g/mol. The normalized spacial score (nSPS) is 10.2. The topological polar surface area (TPSA) is 92.5 Å². The molecule has 0 aliphatic heterocycles. The zero-order valence-corrected chi connectivity index (χ0v) is 15.3. The number of hydrogen-bond acceptors (Lipinski definition) is 4. The molecule has 3 N–H and O–H groups in total. The highest BCUT2D eigenvalue weighted by molar-refractivity contribution is 6.45. The zero-order chi connectivity index (χ0) is 20.1. The summed E-state index contributed by atoms with van der Waals surface area (Å²) >= 11 is 0. The van der Waals surface area contributed by atoms with Gasteiger partial charge in [-0.15, -0.1) is 0 Å². The Kier molecular flexibility index (Phi) is 5.50. The van der Waals surface area contributed by atoms with Crippen molar-refractivity contribution in [3.05, 3.63) is 84.4 Å². The Hall–Kier alpha value is -3.93.